The fraction of sp³-hybridized carbons (Fsp3) is 0.600. The molecule has 0 spiro atoms. The largest absolute Gasteiger partial charge is 0.497 e. The second kappa shape index (κ2) is 7.27. The molecule has 0 aliphatic heterocycles. The predicted molar refractivity (Wildman–Crippen MR) is 78.2 cm³/mol. The lowest BCUT2D eigenvalue weighted by Gasteiger charge is -2.30. The zero-order chi connectivity index (χ0) is 13.4. The Morgan fingerprint density at radius 3 is 2.39 bits per heavy atom. The van der Waals surface area contributed by atoms with Crippen molar-refractivity contribution in [3.05, 3.63) is 24.3 Å². The second-order valence-electron chi connectivity index (χ2n) is 5.08. The molecule has 18 heavy (non-hydrogen) atoms. The number of nitrogens with one attached hydrogen (secondary N) is 1. The van der Waals surface area contributed by atoms with Gasteiger partial charge in [0.1, 0.15) is 5.75 Å². The molecule has 3 heteroatoms. The molecule has 0 radical (unpaired) electrons. The maximum atomic E-state index is 5.91. The van der Waals surface area contributed by atoms with E-state index >= 15 is 0 Å². The first-order valence-electron chi connectivity index (χ1n) is 6.76. The first-order chi connectivity index (χ1) is 8.63. The van der Waals surface area contributed by atoms with Crippen LogP contribution < -0.4 is 15.8 Å². The molecule has 102 valence electrons. The van der Waals surface area contributed by atoms with Crippen LogP contribution in [-0.2, 0) is 0 Å². The van der Waals surface area contributed by atoms with E-state index in [1.807, 2.05) is 24.3 Å². The molecule has 0 aliphatic rings. The highest BCUT2D eigenvalue weighted by atomic mass is 16.5. The van der Waals surface area contributed by atoms with E-state index in [9.17, 15) is 0 Å². The molecule has 0 heterocycles. The summed E-state index contributed by atoms with van der Waals surface area (Å²) in [5.74, 6) is 0.876. The normalized spacial score (nSPS) is 14.0. The molecule has 0 aromatic heterocycles. The van der Waals surface area contributed by atoms with Crippen molar-refractivity contribution in [2.75, 3.05) is 19.0 Å². The van der Waals surface area contributed by atoms with E-state index in [0.717, 1.165) is 17.9 Å². The SMILES string of the molecule is CCCCCC(C)(CN)Nc1ccc(OC)cc1. The summed E-state index contributed by atoms with van der Waals surface area (Å²) in [6, 6.07) is 8.00. The first-order valence-corrected chi connectivity index (χ1v) is 6.76. The van der Waals surface area contributed by atoms with Crippen molar-refractivity contribution in [1.82, 2.24) is 0 Å². The van der Waals surface area contributed by atoms with Crippen molar-refractivity contribution in [2.45, 2.75) is 45.1 Å². The van der Waals surface area contributed by atoms with E-state index in [1.54, 1.807) is 7.11 Å². The van der Waals surface area contributed by atoms with E-state index in [-0.39, 0.29) is 5.54 Å². The topological polar surface area (TPSA) is 47.3 Å². The van der Waals surface area contributed by atoms with Crippen LogP contribution in [0.2, 0.25) is 0 Å². The van der Waals surface area contributed by atoms with Gasteiger partial charge in [0.15, 0.2) is 0 Å². The third-order valence-corrected chi connectivity index (χ3v) is 3.32. The molecule has 0 saturated heterocycles. The second-order valence-corrected chi connectivity index (χ2v) is 5.08. The maximum Gasteiger partial charge on any atom is 0.119 e. The fourth-order valence-corrected chi connectivity index (χ4v) is 2.00. The van der Waals surface area contributed by atoms with Crippen molar-refractivity contribution in [2.24, 2.45) is 5.73 Å². The summed E-state index contributed by atoms with van der Waals surface area (Å²) in [5.41, 5.74) is 6.98. The molecule has 1 rings (SSSR count). The molecular weight excluding hydrogens is 224 g/mol. The van der Waals surface area contributed by atoms with Gasteiger partial charge in [-0.3, -0.25) is 0 Å². The average molecular weight is 250 g/mol. The summed E-state index contributed by atoms with van der Waals surface area (Å²) in [5, 5.41) is 3.53. The molecule has 1 aromatic carbocycles. The number of rotatable bonds is 8. The van der Waals surface area contributed by atoms with Gasteiger partial charge < -0.3 is 15.8 Å². The van der Waals surface area contributed by atoms with Gasteiger partial charge in [0.05, 0.1) is 7.11 Å². The molecule has 1 unspecified atom stereocenters. The van der Waals surface area contributed by atoms with Crippen molar-refractivity contribution < 1.29 is 4.74 Å². The van der Waals surface area contributed by atoms with Crippen LogP contribution >= 0.6 is 0 Å². The summed E-state index contributed by atoms with van der Waals surface area (Å²) in [4.78, 5) is 0. The quantitative estimate of drug-likeness (QED) is 0.695. The Bertz CT molecular complexity index is 337. The predicted octanol–water partition coefficient (Wildman–Crippen LogP) is 3.40. The van der Waals surface area contributed by atoms with Gasteiger partial charge in [-0.05, 0) is 37.6 Å². The van der Waals surface area contributed by atoms with Gasteiger partial charge >= 0.3 is 0 Å². The van der Waals surface area contributed by atoms with Crippen molar-refractivity contribution >= 4 is 5.69 Å². The molecule has 0 fully saturated rings. The lowest BCUT2D eigenvalue weighted by molar-refractivity contribution is 0.414. The number of hydrogen-bond donors (Lipinski definition) is 2. The van der Waals surface area contributed by atoms with Crippen molar-refractivity contribution in [1.29, 1.82) is 0 Å². The first kappa shape index (κ1) is 14.8. The number of hydrogen-bond acceptors (Lipinski definition) is 3. The third kappa shape index (κ3) is 4.57. The highest BCUT2D eigenvalue weighted by Crippen LogP contribution is 2.22. The van der Waals surface area contributed by atoms with Gasteiger partial charge in [-0.2, -0.15) is 0 Å². The van der Waals surface area contributed by atoms with Gasteiger partial charge in [0.25, 0.3) is 0 Å². The van der Waals surface area contributed by atoms with E-state index in [1.165, 1.54) is 19.3 Å². The van der Waals surface area contributed by atoms with Crippen LogP contribution in [0.1, 0.15) is 39.5 Å². The highest BCUT2D eigenvalue weighted by molar-refractivity contribution is 5.48. The Kier molecular flexibility index (Phi) is 5.99. The minimum atomic E-state index is -0.0240. The van der Waals surface area contributed by atoms with Gasteiger partial charge in [0.2, 0.25) is 0 Å². The Labute approximate surface area is 111 Å². The summed E-state index contributed by atoms with van der Waals surface area (Å²) < 4.78 is 5.15. The Hall–Kier alpha value is -1.22. The average Bonchev–Trinajstić information content (AvgIpc) is 2.40. The van der Waals surface area contributed by atoms with Crippen molar-refractivity contribution in [3.8, 4) is 5.75 Å². The van der Waals surface area contributed by atoms with Crippen LogP contribution in [0.15, 0.2) is 24.3 Å². The molecule has 1 aromatic rings. The van der Waals surface area contributed by atoms with E-state index in [2.05, 4.69) is 19.2 Å². The smallest absolute Gasteiger partial charge is 0.119 e. The Balaban J connectivity index is 2.59. The van der Waals surface area contributed by atoms with Gasteiger partial charge in [-0.1, -0.05) is 26.2 Å². The summed E-state index contributed by atoms with van der Waals surface area (Å²) in [6.45, 7) is 5.05. The van der Waals surface area contributed by atoms with E-state index in [4.69, 9.17) is 10.5 Å². The van der Waals surface area contributed by atoms with Crippen LogP contribution in [0.5, 0.6) is 5.75 Å². The van der Waals surface area contributed by atoms with Crippen LogP contribution in [0.3, 0.4) is 0 Å². The summed E-state index contributed by atoms with van der Waals surface area (Å²) in [7, 11) is 1.68. The Morgan fingerprint density at radius 2 is 1.89 bits per heavy atom. The van der Waals surface area contributed by atoms with E-state index in [0.29, 0.717) is 6.54 Å². The highest BCUT2D eigenvalue weighted by Gasteiger charge is 2.21. The number of benzene rings is 1. The summed E-state index contributed by atoms with van der Waals surface area (Å²) >= 11 is 0. The number of ether oxygens (including phenoxy) is 1. The molecule has 0 amide bonds. The number of anilines is 1. The van der Waals surface area contributed by atoms with Crippen LogP contribution in [-0.4, -0.2) is 19.2 Å². The maximum absolute atomic E-state index is 5.91. The van der Waals surface area contributed by atoms with Gasteiger partial charge in [-0.25, -0.2) is 0 Å². The standard InChI is InChI=1S/C15H26N2O/c1-4-5-6-11-15(2,12-16)17-13-7-9-14(18-3)10-8-13/h7-10,17H,4-6,11-12,16H2,1-3H3. The molecular formula is C15H26N2O. The number of unbranched alkanes of at least 4 members (excludes halogenated alkanes) is 2. The minimum absolute atomic E-state index is 0.0240. The number of methoxy groups -OCH3 is 1. The molecule has 0 saturated carbocycles. The molecule has 3 N–H and O–H groups in total. The van der Waals surface area contributed by atoms with Crippen molar-refractivity contribution in [3.63, 3.8) is 0 Å². The molecule has 1 atom stereocenters. The zero-order valence-electron chi connectivity index (χ0n) is 11.8. The van der Waals surface area contributed by atoms with Gasteiger partial charge in [-0.15, -0.1) is 0 Å². The lowest BCUT2D eigenvalue weighted by Crippen LogP contribution is -2.42. The molecule has 0 aliphatic carbocycles. The third-order valence-electron chi connectivity index (χ3n) is 3.32. The fourth-order valence-electron chi connectivity index (χ4n) is 2.00. The monoisotopic (exact) mass is 250 g/mol. The molecule has 0 bridgehead atoms. The van der Waals surface area contributed by atoms with Crippen LogP contribution in [0.4, 0.5) is 5.69 Å². The molecule has 3 nitrogen and oxygen atoms in total. The zero-order valence-corrected chi connectivity index (χ0v) is 11.8. The summed E-state index contributed by atoms with van der Waals surface area (Å²) in [6.07, 6.45) is 4.82. The number of nitrogens with two attached hydrogens (primary N) is 1. The minimum Gasteiger partial charge on any atom is -0.497 e. The van der Waals surface area contributed by atoms with Gasteiger partial charge in [0, 0.05) is 17.8 Å². The lowest BCUT2D eigenvalue weighted by atomic mass is 9.94. The van der Waals surface area contributed by atoms with Crippen LogP contribution in [0, 0.1) is 0 Å². The van der Waals surface area contributed by atoms with Crippen LogP contribution in [0.25, 0.3) is 0 Å². The Morgan fingerprint density at radius 1 is 1.22 bits per heavy atom. The van der Waals surface area contributed by atoms with E-state index < -0.39 is 0 Å².